The number of aryl methyl sites for hydroxylation is 1. The van der Waals surface area contributed by atoms with Gasteiger partial charge in [-0.05, 0) is 49.1 Å². The van der Waals surface area contributed by atoms with Gasteiger partial charge in [-0.2, -0.15) is 5.26 Å². The number of nitrogens with zero attached hydrogens (tertiary/aromatic N) is 2. The van der Waals surface area contributed by atoms with E-state index in [1.165, 1.54) is 12.1 Å². The minimum Gasteiger partial charge on any atom is -0.367 e. The fourth-order valence-corrected chi connectivity index (χ4v) is 3.33. The van der Waals surface area contributed by atoms with Crippen molar-refractivity contribution in [3.63, 3.8) is 0 Å². The van der Waals surface area contributed by atoms with Crippen LogP contribution in [-0.2, 0) is 11.2 Å². The van der Waals surface area contributed by atoms with Gasteiger partial charge in [-0.3, -0.25) is 4.79 Å². The lowest BCUT2D eigenvalue weighted by Gasteiger charge is -2.27. The molecule has 4 heteroatoms. The quantitative estimate of drug-likeness (QED) is 0.882. The number of hydrogen-bond donors (Lipinski definition) is 1. The summed E-state index contributed by atoms with van der Waals surface area (Å²) in [6.07, 6.45) is 3.46. The zero-order valence-corrected chi connectivity index (χ0v) is 14.3. The van der Waals surface area contributed by atoms with Crippen molar-refractivity contribution in [1.29, 1.82) is 5.26 Å². The van der Waals surface area contributed by atoms with Gasteiger partial charge in [-0.15, -0.1) is 0 Å². The topological polar surface area (TPSA) is 56.1 Å². The van der Waals surface area contributed by atoms with Crippen molar-refractivity contribution in [3.8, 4) is 6.07 Å². The van der Waals surface area contributed by atoms with Crippen molar-refractivity contribution in [2.24, 2.45) is 0 Å². The largest absolute Gasteiger partial charge is 0.367 e. The minimum absolute atomic E-state index is 0.0873. The molecule has 0 bridgehead atoms. The number of carbonyl (C=O) groups excluding carboxylic acids is 1. The van der Waals surface area contributed by atoms with Crippen LogP contribution >= 0.6 is 0 Å². The Balaban J connectivity index is 1.46. The lowest BCUT2D eigenvalue weighted by atomic mass is 10.1. The number of nitrogens with one attached hydrogen (secondary N) is 1. The van der Waals surface area contributed by atoms with Crippen LogP contribution in [0.2, 0.25) is 0 Å². The first-order valence-electron chi connectivity index (χ1n) is 8.83. The van der Waals surface area contributed by atoms with E-state index in [1.54, 1.807) is 12.1 Å². The van der Waals surface area contributed by atoms with Gasteiger partial charge in [0.2, 0.25) is 5.91 Å². The second kappa shape index (κ2) is 8.34. The molecule has 1 amide bonds. The van der Waals surface area contributed by atoms with Crippen LogP contribution in [0.15, 0.2) is 54.6 Å². The third-order valence-corrected chi connectivity index (χ3v) is 4.72. The fourth-order valence-electron chi connectivity index (χ4n) is 3.33. The van der Waals surface area contributed by atoms with Gasteiger partial charge in [0.1, 0.15) is 0 Å². The van der Waals surface area contributed by atoms with Crippen molar-refractivity contribution < 1.29 is 4.79 Å². The molecule has 3 rings (SSSR count). The molecule has 2 aromatic carbocycles. The monoisotopic (exact) mass is 333 g/mol. The summed E-state index contributed by atoms with van der Waals surface area (Å²) >= 11 is 0. The Hall–Kier alpha value is -2.80. The highest BCUT2D eigenvalue weighted by atomic mass is 16.1. The molecular formula is C21H23N3O. The van der Waals surface area contributed by atoms with E-state index in [0.717, 1.165) is 18.5 Å². The normalized spacial score (nSPS) is 16.4. The third kappa shape index (κ3) is 4.60. The number of benzene rings is 2. The Morgan fingerprint density at radius 3 is 2.64 bits per heavy atom. The molecule has 0 spiro atoms. The predicted molar refractivity (Wildman–Crippen MR) is 99.3 cm³/mol. The Labute approximate surface area is 149 Å². The summed E-state index contributed by atoms with van der Waals surface area (Å²) in [5.41, 5.74) is 2.97. The van der Waals surface area contributed by atoms with Gasteiger partial charge in [0.05, 0.1) is 11.6 Å². The van der Waals surface area contributed by atoms with Gasteiger partial charge in [-0.25, -0.2) is 0 Å². The second-order valence-electron chi connectivity index (χ2n) is 6.44. The van der Waals surface area contributed by atoms with E-state index < -0.39 is 0 Å². The summed E-state index contributed by atoms with van der Waals surface area (Å²) in [6.45, 7) is 1.75. The summed E-state index contributed by atoms with van der Waals surface area (Å²) < 4.78 is 0. The van der Waals surface area contributed by atoms with Gasteiger partial charge in [-0.1, -0.05) is 30.3 Å². The average Bonchev–Trinajstić information content (AvgIpc) is 3.14. The fraction of sp³-hybridized carbons (Fsp3) is 0.333. The molecule has 4 nitrogen and oxygen atoms in total. The number of rotatable bonds is 6. The molecule has 0 aromatic heterocycles. The second-order valence-corrected chi connectivity index (χ2v) is 6.44. The zero-order chi connectivity index (χ0) is 17.5. The maximum atomic E-state index is 12.2. The molecule has 25 heavy (non-hydrogen) atoms. The van der Waals surface area contributed by atoms with Crippen LogP contribution in [-0.4, -0.2) is 25.0 Å². The first-order valence-corrected chi connectivity index (χ1v) is 8.83. The summed E-state index contributed by atoms with van der Waals surface area (Å²) in [4.78, 5) is 14.5. The molecule has 1 unspecified atom stereocenters. The van der Waals surface area contributed by atoms with Crippen molar-refractivity contribution >= 4 is 11.6 Å². The van der Waals surface area contributed by atoms with Gasteiger partial charge in [0, 0.05) is 31.2 Å². The molecule has 1 aliphatic heterocycles. The number of nitriles is 1. The van der Waals surface area contributed by atoms with Gasteiger partial charge >= 0.3 is 0 Å². The Morgan fingerprint density at radius 1 is 1.16 bits per heavy atom. The molecule has 1 N–H and O–H groups in total. The van der Waals surface area contributed by atoms with E-state index in [4.69, 9.17) is 5.26 Å². The zero-order valence-electron chi connectivity index (χ0n) is 14.3. The summed E-state index contributed by atoms with van der Waals surface area (Å²) in [7, 11) is 0. The van der Waals surface area contributed by atoms with Gasteiger partial charge < -0.3 is 10.2 Å². The standard InChI is InChI=1S/C21H23N3O/c22-15-18-10-8-17(9-11-18)12-13-21(25)23-16-20-7-4-14-24(20)19-5-2-1-3-6-19/h1-3,5-6,8-11,20H,4,7,12-14,16H2,(H,23,25). The average molecular weight is 333 g/mol. The molecule has 2 aromatic rings. The molecule has 1 aliphatic rings. The lowest BCUT2D eigenvalue weighted by Crippen LogP contribution is -2.40. The van der Waals surface area contributed by atoms with Crippen LogP contribution in [0, 0.1) is 11.3 Å². The van der Waals surface area contributed by atoms with Gasteiger partial charge in [0.25, 0.3) is 0 Å². The Morgan fingerprint density at radius 2 is 1.92 bits per heavy atom. The van der Waals surface area contributed by atoms with Crippen molar-refractivity contribution in [2.75, 3.05) is 18.0 Å². The molecule has 0 radical (unpaired) electrons. The molecule has 1 fully saturated rings. The summed E-state index contributed by atoms with van der Waals surface area (Å²) in [6, 6.07) is 20.3. The molecule has 0 aliphatic carbocycles. The van der Waals surface area contributed by atoms with E-state index >= 15 is 0 Å². The van der Waals surface area contributed by atoms with Crippen molar-refractivity contribution in [3.05, 3.63) is 65.7 Å². The van der Waals surface area contributed by atoms with E-state index in [-0.39, 0.29) is 5.91 Å². The molecular weight excluding hydrogens is 310 g/mol. The number of amides is 1. The van der Waals surface area contributed by atoms with Crippen molar-refractivity contribution in [1.82, 2.24) is 5.32 Å². The van der Waals surface area contributed by atoms with Crippen LogP contribution in [0.25, 0.3) is 0 Å². The maximum absolute atomic E-state index is 12.2. The molecule has 1 atom stereocenters. The van der Waals surface area contributed by atoms with E-state index in [2.05, 4.69) is 40.6 Å². The van der Waals surface area contributed by atoms with E-state index in [9.17, 15) is 4.79 Å². The number of hydrogen-bond acceptors (Lipinski definition) is 3. The van der Waals surface area contributed by atoms with Crippen LogP contribution in [0.5, 0.6) is 0 Å². The van der Waals surface area contributed by atoms with Crippen LogP contribution in [0.3, 0.4) is 0 Å². The van der Waals surface area contributed by atoms with E-state index in [1.807, 2.05) is 18.2 Å². The first-order chi connectivity index (χ1) is 12.3. The molecule has 1 saturated heterocycles. The summed E-state index contributed by atoms with van der Waals surface area (Å²) in [5.74, 6) is 0.0873. The highest BCUT2D eigenvalue weighted by Crippen LogP contribution is 2.24. The predicted octanol–water partition coefficient (Wildman–Crippen LogP) is 3.28. The van der Waals surface area contributed by atoms with Gasteiger partial charge in [0.15, 0.2) is 0 Å². The van der Waals surface area contributed by atoms with Crippen LogP contribution in [0.1, 0.15) is 30.4 Å². The highest BCUT2D eigenvalue weighted by Gasteiger charge is 2.24. The Bertz CT molecular complexity index is 734. The van der Waals surface area contributed by atoms with Crippen LogP contribution in [0.4, 0.5) is 5.69 Å². The first kappa shape index (κ1) is 17.0. The number of anilines is 1. The molecule has 1 heterocycles. The SMILES string of the molecule is N#Cc1ccc(CCC(=O)NCC2CCCN2c2ccccc2)cc1. The van der Waals surface area contributed by atoms with Crippen LogP contribution < -0.4 is 10.2 Å². The van der Waals surface area contributed by atoms with Crippen molar-refractivity contribution in [2.45, 2.75) is 31.7 Å². The number of carbonyl (C=O) groups is 1. The molecule has 128 valence electrons. The maximum Gasteiger partial charge on any atom is 0.220 e. The number of para-hydroxylation sites is 1. The smallest absolute Gasteiger partial charge is 0.220 e. The highest BCUT2D eigenvalue weighted by molar-refractivity contribution is 5.76. The summed E-state index contributed by atoms with van der Waals surface area (Å²) in [5, 5.41) is 11.9. The lowest BCUT2D eigenvalue weighted by molar-refractivity contribution is -0.121. The Kier molecular flexibility index (Phi) is 5.69. The third-order valence-electron chi connectivity index (χ3n) is 4.72. The minimum atomic E-state index is 0.0873. The molecule has 0 saturated carbocycles. The van der Waals surface area contributed by atoms with E-state index in [0.29, 0.717) is 31.0 Å².